The van der Waals surface area contributed by atoms with Gasteiger partial charge in [0.25, 0.3) is 0 Å². The van der Waals surface area contributed by atoms with Crippen LogP contribution in [-0.4, -0.2) is 18.0 Å². The van der Waals surface area contributed by atoms with Gasteiger partial charge in [0.2, 0.25) is 0 Å². The number of rotatable bonds is 11. The normalized spacial score (nSPS) is 12.0. The second kappa shape index (κ2) is 10.5. The predicted molar refractivity (Wildman–Crippen MR) is 76.5 cm³/mol. The molecule has 0 fully saturated rings. The minimum absolute atomic E-state index is 0.0760. The van der Waals surface area contributed by atoms with Gasteiger partial charge in [-0.25, -0.2) is 0 Å². The first-order valence-electron chi connectivity index (χ1n) is 6.87. The molecule has 0 unspecified atom stereocenters. The van der Waals surface area contributed by atoms with E-state index in [0.29, 0.717) is 0 Å². The summed E-state index contributed by atoms with van der Waals surface area (Å²) in [6, 6.07) is 0. The van der Waals surface area contributed by atoms with E-state index in [1.807, 2.05) is 0 Å². The molecule has 0 aromatic rings. The molecule has 0 atom stereocenters. The molecule has 0 saturated heterocycles. The van der Waals surface area contributed by atoms with Crippen molar-refractivity contribution in [1.29, 1.82) is 0 Å². The van der Waals surface area contributed by atoms with E-state index in [-0.39, 0.29) is 5.60 Å². The molecular formula is C14H30OS. The molecule has 0 radical (unpaired) electrons. The number of ether oxygens (including phenoxy) is 1. The number of hydrogen-bond acceptors (Lipinski definition) is 2. The fraction of sp³-hybridized carbons (Fsp3) is 1.00. The Morgan fingerprint density at radius 2 is 1.38 bits per heavy atom. The lowest BCUT2D eigenvalue weighted by molar-refractivity contribution is -0.0216. The third-order valence-corrected chi connectivity index (χ3v) is 3.46. The molecule has 98 valence electrons. The van der Waals surface area contributed by atoms with Crippen molar-refractivity contribution >= 4 is 12.6 Å². The Hall–Kier alpha value is 0.310. The van der Waals surface area contributed by atoms with Crippen LogP contribution in [0.1, 0.15) is 72.1 Å². The minimum atomic E-state index is 0.0760. The van der Waals surface area contributed by atoms with Crippen molar-refractivity contribution in [3.8, 4) is 0 Å². The molecule has 0 aromatic carbocycles. The molecular weight excluding hydrogens is 216 g/mol. The lowest BCUT2D eigenvalue weighted by atomic mass is 10.1. The SMILES string of the molecule is CCC(C)(C)OCCCCCCCCCS. The topological polar surface area (TPSA) is 9.23 Å². The quantitative estimate of drug-likeness (QED) is 0.405. The van der Waals surface area contributed by atoms with Crippen LogP contribution in [0, 0.1) is 0 Å². The summed E-state index contributed by atoms with van der Waals surface area (Å²) in [7, 11) is 0. The van der Waals surface area contributed by atoms with Gasteiger partial charge in [0, 0.05) is 6.61 Å². The Morgan fingerprint density at radius 3 is 1.88 bits per heavy atom. The standard InChI is InChI=1S/C14H30OS/c1-4-14(2,3)15-12-10-8-6-5-7-9-11-13-16/h16H,4-13H2,1-3H3. The van der Waals surface area contributed by atoms with Gasteiger partial charge in [0.1, 0.15) is 0 Å². The zero-order valence-electron chi connectivity index (χ0n) is 11.4. The largest absolute Gasteiger partial charge is 0.376 e. The van der Waals surface area contributed by atoms with Crippen LogP contribution in [-0.2, 0) is 4.74 Å². The van der Waals surface area contributed by atoms with Crippen LogP contribution in [0.5, 0.6) is 0 Å². The van der Waals surface area contributed by atoms with Crippen molar-refractivity contribution < 1.29 is 4.74 Å². The van der Waals surface area contributed by atoms with Gasteiger partial charge >= 0.3 is 0 Å². The Balaban J connectivity index is 3.10. The van der Waals surface area contributed by atoms with E-state index in [1.54, 1.807) is 0 Å². The van der Waals surface area contributed by atoms with Gasteiger partial charge in [-0.3, -0.25) is 0 Å². The highest BCUT2D eigenvalue weighted by Gasteiger charge is 2.13. The summed E-state index contributed by atoms with van der Waals surface area (Å²) in [5.74, 6) is 1.04. The highest BCUT2D eigenvalue weighted by Crippen LogP contribution is 2.15. The molecule has 0 amide bonds. The highest BCUT2D eigenvalue weighted by molar-refractivity contribution is 7.80. The van der Waals surface area contributed by atoms with Crippen LogP contribution in [0.4, 0.5) is 0 Å². The van der Waals surface area contributed by atoms with Crippen LogP contribution >= 0.6 is 12.6 Å². The van der Waals surface area contributed by atoms with Gasteiger partial charge in [-0.15, -0.1) is 0 Å². The van der Waals surface area contributed by atoms with Crippen LogP contribution in [0.3, 0.4) is 0 Å². The maximum Gasteiger partial charge on any atom is 0.0623 e. The smallest absolute Gasteiger partial charge is 0.0623 e. The predicted octanol–water partition coefficient (Wildman–Crippen LogP) is 4.85. The molecule has 0 rings (SSSR count). The van der Waals surface area contributed by atoms with Gasteiger partial charge in [-0.05, 0) is 38.9 Å². The summed E-state index contributed by atoms with van der Waals surface area (Å²) in [5.41, 5.74) is 0.0760. The molecule has 0 spiro atoms. The number of hydrogen-bond donors (Lipinski definition) is 1. The average molecular weight is 246 g/mol. The Labute approximate surface area is 108 Å². The van der Waals surface area contributed by atoms with E-state index in [4.69, 9.17) is 4.74 Å². The molecule has 0 saturated carbocycles. The van der Waals surface area contributed by atoms with Gasteiger partial charge in [0.05, 0.1) is 5.60 Å². The first kappa shape index (κ1) is 16.3. The highest BCUT2D eigenvalue weighted by atomic mass is 32.1. The van der Waals surface area contributed by atoms with E-state index >= 15 is 0 Å². The molecule has 0 N–H and O–H groups in total. The van der Waals surface area contributed by atoms with Crippen molar-refractivity contribution in [3.63, 3.8) is 0 Å². The Bertz CT molecular complexity index is 146. The van der Waals surface area contributed by atoms with E-state index in [9.17, 15) is 0 Å². The second-order valence-corrected chi connectivity index (χ2v) is 5.61. The molecule has 0 aliphatic heterocycles. The lowest BCUT2D eigenvalue weighted by Gasteiger charge is -2.23. The molecule has 0 heterocycles. The molecule has 0 bridgehead atoms. The van der Waals surface area contributed by atoms with Crippen LogP contribution in [0.15, 0.2) is 0 Å². The van der Waals surface area contributed by atoms with Gasteiger partial charge in [-0.1, -0.05) is 39.0 Å². The summed E-state index contributed by atoms with van der Waals surface area (Å²) in [4.78, 5) is 0. The summed E-state index contributed by atoms with van der Waals surface area (Å²) in [6.07, 6.45) is 10.4. The van der Waals surface area contributed by atoms with Crippen LogP contribution in [0.25, 0.3) is 0 Å². The number of thiol groups is 1. The van der Waals surface area contributed by atoms with Crippen molar-refractivity contribution in [3.05, 3.63) is 0 Å². The summed E-state index contributed by atoms with van der Waals surface area (Å²) in [6.45, 7) is 7.45. The Kier molecular flexibility index (Phi) is 10.7. The Morgan fingerprint density at radius 1 is 0.875 bits per heavy atom. The first-order chi connectivity index (χ1) is 7.62. The van der Waals surface area contributed by atoms with Crippen molar-refractivity contribution in [1.82, 2.24) is 0 Å². The molecule has 16 heavy (non-hydrogen) atoms. The van der Waals surface area contributed by atoms with Crippen molar-refractivity contribution in [2.75, 3.05) is 12.4 Å². The maximum absolute atomic E-state index is 5.81. The maximum atomic E-state index is 5.81. The van der Waals surface area contributed by atoms with Gasteiger partial charge in [-0.2, -0.15) is 12.6 Å². The molecule has 2 heteroatoms. The zero-order chi connectivity index (χ0) is 12.3. The molecule has 0 aromatic heterocycles. The van der Waals surface area contributed by atoms with Crippen LogP contribution < -0.4 is 0 Å². The second-order valence-electron chi connectivity index (χ2n) is 5.16. The van der Waals surface area contributed by atoms with Gasteiger partial charge in [0.15, 0.2) is 0 Å². The number of unbranched alkanes of at least 4 members (excludes halogenated alkanes) is 6. The first-order valence-corrected chi connectivity index (χ1v) is 7.50. The third-order valence-electron chi connectivity index (χ3n) is 3.15. The average Bonchev–Trinajstić information content (AvgIpc) is 2.27. The minimum Gasteiger partial charge on any atom is -0.376 e. The summed E-state index contributed by atoms with van der Waals surface area (Å²) < 4.78 is 5.81. The molecule has 0 aliphatic rings. The summed E-state index contributed by atoms with van der Waals surface area (Å²) in [5, 5.41) is 0. The van der Waals surface area contributed by atoms with E-state index in [0.717, 1.165) is 18.8 Å². The third kappa shape index (κ3) is 10.8. The fourth-order valence-electron chi connectivity index (χ4n) is 1.55. The molecule has 0 aliphatic carbocycles. The molecule has 1 nitrogen and oxygen atoms in total. The fourth-order valence-corrected chi connectivity index (χ4v) is 1.77. The zero-order valence-corrected chi connectivity index (χ0v) is 12.3. The van der Waals surface area contributed by atoms with E-state index < -0.39 is 0 Å². The lowest BCUT2D eigenvalue weighted by Crippen LogP contribution is -2.23. The van der Waals surface area contributed by atoms with Crippen molar-refractivity contribution in [2.24, 2.45) is 0 Å². The monoisotopic (exact) mass is 246 g/mol. The summed E-state index contributed by atoms with van der Waals surface area (Å²) >= 11 is 4.21. The van der Waals surface area contributed by atoms with E-state index in [1.165, 1.54) is 44.9 Å². The van der Waals surface area contributed by atoms with Crippen molar-refractivity contribution in [2.45, 2.75) is 77.7 Å². The van der Waals surface area contributed by atoms with Gasteiger partial charge < -0.3 is 4.74 Å². The van der Waals surface area contributed by atoms with Crippen LogP contribution in [0.2, 0.25) is 0 Å². The van der Waals surface area contributed by atoms with E-state index in [2.05, 4.69) is 33.4 Å².